The van der Waals surface area contributed by atoms with E-state index in [0.29, 0.717) is 0 Å². The van der Waals surface area contributed by atoms with Gasteiger partial charge in [0.15, 0.2) is 0 Å². The lowest BCUT2D eigenvalue weighted by Crippen LogP contribution is -2.17. The fourth-order valence-corrected chi connectivity index (χ4v) is 2.83. The summed E-state index contributed by atoms with van der Waals surface area (Å²) < 4.78 is 1.25. The van der Waals surface area contributed by atoms with Crippen LogP contribution in [0, 0.1) is 0 Å². The molecule has 0 radical (unpaired) electrons. The van der Waals surface area contributed by atoms with Gasteiger partial charge < -0.3 is 0 Å². The maximum atomic E-state index is 3.48. The van der Waals surface area contributed by atoms with Crippen molar-refractivity contribution in [1.82, 2.24) is 4.90 Å². The van der Waals surface area contributed by atoms with Gasteiger partial charge in [0.25, 0.3) is 0 Å². The smallest absolute Gasteiger partial charge is 0.0701 e. The van der Waals surface area contributed by atoms with Crippen LogP contribution in [0.3, 0.4) is 0 Å². The molecule has 12 heavy (non-hydrogen) atoms. The molecule has 2 heterocycles. The maximum absolute atomic E-state index is 3.48. The van der Waals surface area contributed by atoms with Gasteiger partial charge in [0.1, 0.15) is 0 Å². The van der Waals surface area contributed by atoms with Crippen LogP contribution in [0.15, 0.2) is 15.2 Å². The Labute approximate surface area is 85.5 Å². The minimum atomic E-state index is 1.14. The van der Waals surface area contributed by atoms with E-state index < -0.39 is 0 Å². The van der Waals surface area contributed by atoms with Gasteiger partial charge >= 0.3 is 0 Å². The summed E-state index contributed by atoms with van der Waals surface area (Å²) in [7, 11) is 0. The Balaban J connectivity index is 1.94. The lowest BCUT2D eigenvalue weighted by atomic mass is 10.3. The van der Waals surface area contributed by atoms with Gasteiger partial charge in [-0.25, -0.2) is 0 Å². The monoisotopic (exact) mass is 245 g/mol. The molecule has 1 saturated heterocycles. The lowest BCUT2D eigenvalue weighted by Gasteiger charge is -2.12. The van der Waals surface area contributed by atoms with Crippen molar-refractivity contribution < 1.29 is 0 Å². The molecule has 2 rings (SSSR count). The second-order valence-electron chi connectivity index (χ2n) is 3.24. The summed E-state index contributed by atoms with van der Waals surface area (Å²) >= 11 is 5.26. The Morgan fingerprint density at radius 2 is 2.17 bits per heavy atom. The number of hydrogen-bond acceptors (Lipinski definition) is 2. The topological polar surface area (TPSA) is 3.24 Å². The molecule has 66 valence electrons. The Hall–Kier alpha value is 0.140. The minimum absolute atomic E-state index is 1.14. The van der Waals surface area contributed by atoms with Crippen LogP contribution in [0.25, 0.3) is 0 Å². The Kier molecular flexibility index (Phi) is 2.84. The normalized spacial score (nSPS) is 18.8. The van der Waals surface area contributed by atoms with Crippen LogP contribution in [0.2, 0.25) is 0 Å². The second-order valence-corrected chi connectivity index (χ2v) is 5.53. The molecule has 0 N–H and O–H groups in total. The molecule has 1 aromatic heterocycles. The fraction of sp³-hybridized carbons (Fsp3) is 0.556. The first-order valence-electron chi connectivity index (χ1n) is 4.30. The molecule has 1 aromatic rings. The van der Waals surface area contributed by atoms with Crippen LogP contribution in [-0.4, -0.2) is 18.0 Å². The van der Waals surface area contributed by atoms with Gasteiger partial charge in [-0.05, 0) is 58.9 Å². The van der Waals surface area contributed by atoms with Gasteiger partial charge in [0.2, 0.25) is 0 Å². The highest BCUT2D eigenvalue weighted by molar-refractivity contribution is 9.11. The SMILES string of the molecule is Brc1cc(CN2CCCC2)cs1. The summed E-state index contributed by atoms with van der Waals surface area (Å²) in [5.41, 5.74) is 1.45. The molecule has 1 nitrogen and oxygen atoms in total. The molecule has 1 aliphatic rings. The van der Waals surface area contributed by atoms with E-state index in [0.717, 1.165) is 6.54 Å². The van der Waals surface area contributed by atoms with E-state index in [9.17, 15) is 0 Å². The van der Waals surface area contributed by atoms with E-state index >= 15 is 0 Å². The third-order valence-corrected chi connectivity index (χ3v) is 3.78. The molecular weight excluding hydrogens is 234 g/mol. The van der Waals surface area contributed by atoms with Gasteiger partial charge in [-0.15, -0.1) is 11.3 Å². The van der Waals surface area contributed by atoms with Gasteiger partial charge in [0, 0.05) is 6.54 Å². The summed E-state index contributed by atoms with van der Waals surface area (Å²) in [5, 5.41) is 2.24. The Morgan fingerprint density at radius 1 is 1.42 bits per heavy atom. The van der Waals surface area contributed by atoms with E-state index in [1.807, 2.05) is 0 Å². The molecule has 0 saturated carbocycles. The highest BCUT2D eigenvalue weighted by Gasteiger charge is 2.11. The number of hydrogen-bond donors (Lipinski definition) is 0. The third kappa shape index (κ3) is 2.09. The number of likely N-dealkylation sites (tertiary alicyclic amines) is 1. The molecule has 0 unspecified atom stereocenters. The highest BCUT2D eigenvalue weighted by Crippen LogP contribution is 2.22. The van der Waals surface area contributed by atoms with Crippen molar-refractivity contribution in [3.05, 3.63) is 20.8 Å². The molecule has 1 aliphatic heterocycles. The second kappa shape index (κ2) is 3.90. The summed E-state index contributed by atoms with van der Waals surface area (Å²) in [5.74, 6) is 0. The van der Waals surface area contributed by atoms with E-state index in [2.05, 4.69) is 32.3 Å². The largest absolute Gasteiger partial charge is 0.299 e. The van der Waals surface area contributed by atoms with Crippen molar-refractivity contribution in [2.75, 3.05) is 13.1 Å². The molecule has 0 aromatic carbocycles. The Bertz CT molecular complexity index is 253. The molecule has 0 atom stereocenters. The van der Waals surface area contributed by atoms with Crippen LogP contribution < -0.4 is 0 Å². The summed E-state index contributed by atoms with van der Waals surface area (Å²) in [6.45, 7) is 3.71. The first-order chi connectivity index (χ1) is 5.84. The highest BCUT2D eigenvalue weighted by atomic mass is 79.9. The van der Waals surface area contributed by atoms with E-state index in [4.69, 9.17) is 0 Å². The van der Waals surface area contributed by atoms with Crippen molar-refractivity contribution in [2.24, 2.45) is 0 Å². The van der Waals surface area contributed by atoms with Crippen LogP contribution in [0.1, 0.15) is 18.4 Å². The van der Waals surface area contributed by atoms with Crippen molar-refractivity contribution in [3.63, 3.8) is 0 Å². The molecular formula is C9H12BrNS. The molecule has 0 spiro atoms. The summed E-state index contributed by atoms with van der Waals surface area (Å²) in [6, 6.07) is 2.23. The lowest BCUT2D eigenvalue weighted by molar-refractivity contribution is 0.332. The number of thiophene rings is 1. The predicted molar refractivity (Wildman–Crippen MR) is 56.5 cm³/mol. The molecule has 0 amide bonds. The number of halogens is 1. The summed E-state index contributed by atoms with van der Waals surface area (Å²) in [6.07, 6.45) is 2.76. The average molecular weight is 246 g/mol. The third-order valence-electron chi connectivity index (χ3n) is 2.23. The fourth-order valence-electron chi connectivity index (χ4n) is 1.63. The van der Waals surface area contributed by atoms with Crippen LogP contribution in [-0.2, 0) is 6.54 Å². The maximum Gasteiger partial charge on any atom is 0.0701 e. The first kappa shape index (κ1) is 8.73. The molecule has 1 fully saturated rings. The summed E-state index contributed by atoms with van der Waals surface area (Å²) in [4.78, 5) is 2.52. The van der Waals surface area contributed by atoms with Gasteiger partial charge in [-0.1, -0.05) is 0 Å². The quantitative estimate of drug-likeness (QED) is 0.775. The first-order valence-corrected chi connectivity index (χ1v) is 5.97. The molecule has 0 aliphatic carbocycles. The van der Waals surface area contributed by atoms with Crippen LogP contribution in [0.4, 0.5) is 0 Å². The zero-order valence-electron chi connectivity index (χ0n) is 6.92. The van der Waals surface area contributed by atoms with Crippen molar-refractivity contribution in [1.29, 1.82) is 0 Å². The van der Waals surface area contributed by atoms with E-state index in [1.54, 1.807) is 11.3 Å². The zero-order valence-corrected chi connectivity index (χ0v) is 9.33. The van der Waals surface area contributed by atoms with Crippen LogP contribution in [0.5, 0.6) is 0 Å². The van der Waals surface area contributed by atoms with Crippen LogP contribution >= 0.6 is 27.3 Å². The average Bonchev–Trinajstić information content (AvgIpc) is 2.63. The van der Waals surface area contributed by atoms with E-state index in [-0.39, 0.29) is 0 Å². The predicted octanol–water partition coefficient (Wildman–Crippen LogP) is 3.11. The number of rotatable bonds is 2. The standard InChI is InChI=1S/C9H12BrNS/c10-9-5-8(7-12-9)6-11-3-1-2-4-11/h5,7H,1-4,6H2. The van der Waals surface area contributed by atoms with Crippen molar-refractivity contribution in [3.8, 4) is 0 Å². The zero-order chi connectivity index (χ0) is 8.39. The van der Waals surface area contributed by atoms with Gasteiger partial charge in [-0.3, -0.25) is 4.90 Å². The van der Waals surface area contributed by atoms with Crippen molar-refractivity contribution in [2.45, 2.75) is 19.4 Å². The molecule has 3 heteroatoms. The minimum Gasteiger partial charge on any atom is -0.299 e. The Morgan fingerprint density at radius 3 is 2.75 bits per heavy atom. The van der Waals surface area contributed by atoms with Crippen molar-refractivity contribution >= 4 is 27.3 Å². The van der Waals surface area contributed by atoms with E-state index in [1.165, 1.54) is 35.3 Å². The number of nitrogens with zero attached hydrogens (tertiary/aromatic N) is 1. The van der Waals surface area contributed by atoms with Gasteiger partial charge in [-0.2, -0.15) is 0 Å². The van der Waals surface area contributed by atoms with Gasteiger partial charge in [0.05, 0.1) is 3.79 Å². The molecule has 0 bridgehead atoms.